The van der Waals surface area contributed by atoms with Crippen molar-refractivity contribution in [3.8, 4) is 6.07 Å². The molecule has 1 N–H and O–H groups in total. The van der Waals surface area contributed by atoms with E-state index in [1.54, 1.807) is 18.2 Å². The van der Waals surface area contributed by atoms with E-state index in [4.69, 9.17) is 5.26 Å². The second kappa shape index (κ2) is 5.33. The molecule has 2 aromatic rings. The van der Waals surface area contributed by atoms with Gasteiger partial charge in [-0.1, -0.05) is 18.2 Å². The molecule has 3 heteroatoms. The SMILES string of the molecule is Cc1ccc(NCc2ccc(C#N)cc2)c(F)c1. The fourth-order valence-electron chi connectivity index (χ4n) is 1.66. The summed E-state index contributed by atoms with van der Waals surface area (Å²) in [6.45, 7) is 2.39. The van der Waals surface area contributed by atoms with Crippen LogP contribution in [0.15, 0.2) is 42.5 Å². The lowest BCUT2D eigenvalue weighted by Gasteiger charge is -2.08. The van der Waals surface area contributed by atoms with E-state index in [9.17, 15) is 4.39 Å². The summed E-state index contributed by atoms with van der Waals surface area (Å²) in [4.78, 5) is 0. The Morgan fingerprint density at radius 2 is 1.89 bits per heavy atom. The van der Waals surface area contributed by atoms with Crippen molar-refractivity contribution < 1.29 is 4.39 Å². The maximum absolute atomic E-state index is 13.6. The Morgan fingerprint density at radius 1 is 1.17 bits per heavy atom. The van der Waals surface area contributed by atoms with Gasteiger partial charge < -0.3 is 5.32 Å². The van der Waals surface area contributed by atoms with Crippen molar-refractivity contribution in [2.75, 3.05) is 5.32 Å². The second-order valence-corrected chi connectivity index (χ2v) is 4.15. The van der Waals surface area contributed by atoms with Crippen LogP contribution in [0.4, 0.5) is 10.1 Å². The summed E-state index contributed by atoms with van der Waals surface area (Å²) in [6, 6.07) is 14.4. The third-order valence-electron chi connectivity index (χ3n) is 2.69. The molecule has 0 heterocycles. The van der Waals surface area contributed by atoms with E-state index >= 15 is 0 Å². The van der Waals surface area contributed by atoms with Crippen LogP contribution in [0.5, 0.6) is 0 Å². The molecule has 0 amide bonds. The highest BCUT2D eigenvalue weighted by Crippen LogP contribution is 2.16. The lowest BCUT2D eigenvalue weighted by atomic mass is 10.1. The zero-order chi connectivity index (χ0) is 13.0. The van der Waals surface area contributed by atoms with Crippen molar-refractivity contribution in [2.24, 2.45) is 0 Å². The first kappa shape index (κ1) is 12.1. The van der Waals surface area contributed by atoms with Crippen LogP contribution in [0.25, 0.3) is 0 Å². The van der Waals surface area contributed by atoms with Crippen LogP contribution in [0.3, 0.4) is 0 Å². The zero-order valence-electron chi connectivity index (χ0n) is 10.1. The number of halogens is 1. The predicted octanol–water partition coefficient (Wildman–Crippen LogP) is 3.62. The van der Waals surface area contributed by atoms with Crippen LogP contribution in [0.1, 0.15) is 16.7 Å². The van der Waals surface area contributed by atoms with Crippen LogP contribution in [-0.4, -0.2) is 0 Å². The van der Waals surface area contributed by atoms with Crippen molar-refractivity contribution in [3.05, 3.63) is 65.0 Å². The van der Waals surface area contributed by atoms with Gasteiger partial charge in [0.25, 0.3) is 0 Å². The average Bonchev–Trinajstić information content (AvgIpc) is 2.38. The minimum absolute atomic E-state index is 0.247. The molecule has 0 fully saturated rings. The third kappa shape index (κ3) is 2.86. The maximum Gasteiger partial charge on any atom is 0.146 e. The molecule has 0 spiro atoms. The standard InChI is InChI=1S/C15H13FN2/c1-11-2-7-15(14(16)8-11)18-10-13-5-3-12(9-17)4-6-13/h2-8,18H,10H2,1H3. The molecule has 0 aliphatic heterocycles. The first-order chi connectivity index (χ1) is 8.69. The van der Waals surface area contributed by atoms with E-state index in [2.05, 4.69) is 11.4 Å². The van der Waals surface area contributed by atoms with Gasteiger partial charge in [-0.25, -0.2) is 4.39 Å². The van der Waals surface area contributed by atoms with Crippen molar-refractivity contribution in [1.82, 2.24) is 0 Å². The summed E-state index contributed by atoms with van der Waals surface area (Å²) in [5.74, 6) is -0.247. The van der Waals surface area contributed by atoms with Gasteiger partial charge in [0.1, 0.15) is 5.82 Å². The number of anilines is 1. The van der Waals surface area contributed by atoms with E-state index < -0.39 is 0 Å². The number of rotatable bonds is 3. The van der Waals surface area contributed by atoms with Crippen molar-refractivity contribution >= 4 is 5.69 Å². The Bertz CT molecular complexity index is 582. The quantitative estimate of drug-likeness (QED) is 0.889. The van der Waals surface area contributed by atoms with Gasteiger partial charge >= 0.3 is 0 Å². The summed E-state index contributed by atoms with van der Waals surface area (Å²) in [6.07, 6.45) is 0. The largest absolute Gasteiger partial charge is 0.379 e. The van der Waals surface area contributed by atoms with Gasteiger partial charge in [-0.2, -0.15) is 5.26 Å². The van der Waals surface area contributed by atoms with Crippen LogP contribution in [-0.2, 0) is 6.54 Å². The van der Waals surface area contributed by atoms with Gasteiger partial charge in [0.05, 0.1) is 17.3 Å². The van der Waals surface area contributed by atoms with Gasteiger partial charge in [0, 0.05) is 6.54 Å². The third-order valence-corrected chi connectivity index (χ3v) is 2.69. The normalized spacial score (nSPS) is 9.83. The molecule has 2 aromatic carbocycles. The molecule has 0 saturated carbocycles. The second-order valence-electron chi connectivity index (χ2n) is 4.15. The fourth-order valence-corrected chi connectivity index (χ4v) is 1.66. The van der Waals surface area contributed by atoms with E-state index in [0.717, 1.165) is 11.1 Å². The van der Waals surface area contributed by atoms with Crippen LogP contribution in [0.2, 0.25) is 0 Å². The van der Waals surface area contributed by atoms with Gasteiger partial charge in [-0.3, -0.25) is 0 Å². The molecule has 0 aromatic heterocycles. The number of hydrogen-bond donors (Lipinski definition) is 1. The molecular weight excluding hydrogens is 227 g/mol. The smallest absolute Gasteiger partial charge is 0.146 e. The summed E-state index contributed by atoms with van der Waals surface area (Å²) in [5, 5.41) is 11.7. The molecule has 2 nitrogen and oxygen atoms in total. The van der Waals surface area contributed by atoms with E-state index in [1.807, 2.05) is 25.1 Å². The highest BCUT2D eigenvalue weighted by atomic mass is 19.1. The highest BCUT2D eigenvalue weighted by Gasteiger charge is 2.01. The summed E-state index contributed by atoms with van der Waals surface area (Å²) < 4.78 is 13.6. The Kier molecular flexibility index (Phi) is 3.59. The molecule has 0 radical (unpaired) electrons. The number of benzene rings is 2. The molecular formula is C15H13FN2. The van der Waals surface area contributed by atoms with E-state index in [1.165, 1.54) is 6.07 Å². The maximum atomic E-state index is 13.6. The molecule has 0 atom stereocenters. The van der Waals surface area contributed by atoms with Gasteiger partial charge in [-0.15, -0.1) is 0 Å². The van der Waals surface area contributed by atoms with E-state index in [0.29, 0.717) is 17.8 Å². The zero-order valence-corrected chi connectivity index (χ0v) is 10.1. The summed E-state index contributed by atoms with van der Waals surface area (Å²) in [7, 11) is 0. The van der Waals surface area contributed by atoms with Crippen molar-refractivity contribution in [1.29, 1.82) is 5.26 Å². The van der Waals surface area contributed by atoms with Crippen LogP contribution in [0, 0.1) is 24.1 Å². The van der Waals surface area contributed by atoms with Crippen molar-refractivity contribution in [3.63, 3.8) is 0 Å². The fraction of sp³-hybridized carbons (Fsp3) is 0.133. The molecule has 2 rings (SSSR count). The Balaban J connectivity index is 2.04. The van der Waals surface area contributed by atoms with Gasteiger partial charge in [0.2, 0.25) is 0 Å². The van der Waals surface area contributed by atoms with E-state index in [-0.39, 0.29) is 5.82 Å². The number of nitrogens with one attached hydrogen (secondary N) is 1. The monoisotopic (exact) mass is 240 g/mol. The summed E-state index contributed by atoms with van der Waals surface area (Å²) >= 11 is 0. The lowest BCUT2D eigenvalue weighted by Crippen LogP contribution is -2.01. The minimum atomic E-state index is -0.247. The molecule has 0 aliphatic carbocycles. The Hall–Kier alpha value is -2.34. The van der Waals surface area contributed by atoms with Gasteiger partial charge in [0.15, 0.2) is 0 Å². The Morgan fingerprint density at radius 3 is 2.50 bits per heavy atom. The number of aryl methyl sites for hydroxylation is 1. The molecule has 0 saturated heterocycles. The van der Waals surface area contributed by atoms with Crippen molar-refractivity contribution in [2.45, 2.75) is 13.5 Å². The average molecular weight is 240 g/mol. The molecule has 90 valence electrons. The molecule has 18 heavy (non-hydrogen) atoms. The predicted molar refractivity (Wildman–Crippen MR) is 69.6 cm³/mol. The first-order valence-corrected chi connectivity index (χ1v) is 5.68. The topological polar surface area (TPSA) is 35.8 Å². The number of hydrogen-bond acceptors (Lipinski definition) is 2. The molecule has 0 bridgehead atoms. The van der Waals surface area contributed by atoms with Crippen LogP contribution < -0.4 is 5.32 Å². The summed E-state index contributed by atoms with van der Waals surface area (Å²) in [5.41, 5.74) is 3.02. The first-order valence-electron chi connectivity index (χ1n) is 5.68. The Labute approximate surface area is 106 Å². The molecule has 0 aliphatic rings. The highest BCUT2D eigenvalue weighted by molar-refractivity contribution is 5.46. The lowest BCUT2D eigenvalue weighted by molar-refractivity contribution is 0.629. The number of nitrogens with zero attached hydrogens (tertiary/aromatic N) is 1. The minimum Gasteiger partial charge on any atom is -0.379 e. The van der Waals surface area contributed by atoms with Crippen LogP contribution >= 0.6 is 0 Å². The molecule has 0 unspecified atom stereocenters. The van der Waals surface area contributed by atoms with Gasteiger partial charge in [-0.05, 0) is 42.3 Å². The number of nitriles is 1.